The Hall–Kier alpha value is -1.47. The van der Waals surface area contributed by atoms with Crippen LogP contribution in [0.3, 0.4) is 0 Å². The molecule has 0 saturated carbocycles. The minimum atomic E-state index is -1.05. The number of aliphatic carboxylic acids is 1. The van der Waals surface area contributed by atoms with Gasteiger partial charge in [0.1, 0.15) is 0 Å². The molecular weight excluding hydrogens is 298 g/mol. The first-order valence-electron chi connectivity index (χ1n) is 5.99. The van der Waals surface area contributed by atoms with Crippen molar-refractivity contribution in [2.75, 3.05) is 12.0 Å². The Bertz CT molecular complexity index is 536. The maximum atomic E-state index is 12.1. The summed E-state index contributed by atoms with van der Waals surface area (Å²) in [5.41, 5.74) is 0.584. The summed E-state index contributed by atoms with van der Waals surface area (Å²) in [7, 11) is -0.876. The smallest absolute Gasteiger partial charge is 0.328 e. The van der Waals surface area contributed by atoms with Crippen LogP contribution in [0.2, 0.25) is 0 Å². The Balaban J connectivity index is 2.66. The summed E-state index contributed by atoms with van der Waals surface area (Å²) in [4.78, 5) is 23.0. The second kappa shape index (κ2) is 7.96. The van der Waals surface area contributed by atoms with E-state index in [1.807, 2.05) is 6.92 Å². The van der Waals surface area contributed by atoms with E-state index in [9.17, 15) is 13.8 Å². The molecule has 0 bridgehead atoms. The molecule has 110 valence electrons. The van der Waals surface area contributed by atoms with Crippen LogP contribution >= 0.6 is 11.3 Å². The number of carbonyl (C=O) groups is 2. The van der Waals surface area contributed by atoms with Crippen molar-refractivity contribution in [1.82, 2.24) is 5.32 Å². The third-order valence-electron chi connectivity index (χ3n) is 2.52. The molecule has 1 heterocycles. The number of carboxylic acids is 1. The van der Waals surface area contributed by atoms with Crippen molar-refractivity contribution in [3.8, 4) is 0 Å². The van der Waals surface area contributed by atoms with Crippen molar-refractivity contribution in [2.24, 2.45) is 0 Å². The molecule has 2 N–H and O–H groups in total. The molecule has 7 heteroatoms. The van der Waals surface area contributed by atoms with Gasteiger partial charge in [0.15, 0.2) is 0 Å². The fourth-order valence-electron chi connectivity index (χ4n) is 1.50. The lowest BCUT2D eigenvalue weighted by Crippen LogP contribution is -2.33. The molecule has 1 aromatic heterocycles. The molecule has 0 aliphatic rings. The number of thiophene rings is 1. The molecule has 0 aliphatic carbocycles. The molecule has 20 heavy (non-hydrogen) atoms. The average molecular weight is 315 g/mol. The van der Waals surface area contributed by atoms with Crippen molar-refractivity contribution in [2.45, 2.75) is 19.4 Å². The van der Waals surface area contributed by atoms with Gasteiger partial charge in [-0.05, 0) is 36.4 Å². The molecular formula is C13H17NO4S2. The van der Waals surface area contributed by atoms with Gasteiger partial charge >= 0.3 is 5.97 Å². The largest absolute Gasteiger partial charge is 0.478 e. The molecule has 0 saturated heterocycles. The fraction of sp³-hybridized carbons (Fsp3) is 0.385. The summed E-state index contributed by atoms with van der Waals surface area (Å²) >= 11 is 1.26. The lowest BCUT2D eigenvalue weighted by atomic mass is 10.2. The molecule has 2 atom stereocenters. The molecule has 1 rings (SSSR count). The zero-order valence-electron chi connectivity index (χ0n) is 11.3. The number of rotatable bonds is 7. The predicted octanol–water partition coefficient (Wildman–Crippen LogP) is 1.73. The number of hydrogen-bond acceptors (Lipinski definition) is 4. The van der Waals surface area contributed by atoms with Crippen LogP contribution in [0, 0.1) is 0 Å². The highest BCUT2D eigenvalue weighted by atomic mass is 32.2. The van der Waals surface area contributed by atoms with Gasteiger partial charge in [0.25, 0.3) is 5.91 Å². The van der Waals surface area contributed by atoms with Crippen LogP contribution in [-0.2, 0) is 15.6 Å². The van der Waals surface area contributed by atoms with Crippen LogP contribution in [0.1, 0.15) is 28.6 Å². The second-order valence-corrected chi connectivity index (χ2v) is 6.79. The topological polar surface area (TPSA) is 83.5 Å². The standard InChI is InChI=1S/C13H17NO4S2/c1-9(6-8-20(2)18)14-13(17)12-10(5-7-19-12)3-4-11(15)16/h3-5,7,9H,6,8H2,1-2H3,(H,14,17)(H,15,16)/b4-3+. The predicted molar refractivity (Wildman–Crippen MR) is 81.5 cm³/mol. The molecule has 0 aromatic carbocycles. The van der Waals surface area contributed by atoms with Crippen LogP contribution in [0.5, 0.6) is 0 Å². The van der Waals surface area contributed by atoms with E-state index in [0.717, 1.165) is 6.08 Å². The third kappa shape index (κ3) is 5.66. The van der Waals surface area contributed by atoms with E-state index in [4.69, 9.17) is 5.11 Å². The van der Waals surface area contributed by atoms with Gasteiger partial charge in [-0.15, -0.1) is 11.3 Å². The molecule has 0 spiro atoms. The van der Waals surface area contributed by atoms with E-state index in [1.54, 1.807) is 17.7 Å². The van der Waals surface area contributed by atoms with Crippen molar-refractivity contribution >= 4 is 40.1 Å². The maximum Gasteiger partial charge on any atom is 0.328 e. The van der Waals surface area contributed by atoms with Gasteiger partial charge in [0.2, 0.25) is 0 Å². The van der Waals surface area contributed by atoms with Crippen molar-refractivity contribution in [3.05, 3.63) is 28.0 Å². The Labute approximate surface area is 124 Å². The molecule has 0 fully saturated rings. The number of nitrogens with one attached hydrogen (secondary N) is 1. The SMILES string of the molecule is CC(CCS(C)=O)NC(=O)c1sccc1/C=C/C(=O)O. The van der Waals surface area contributed by atoms with E-state index in [2.05, 4.69) is 5.32 Å². The van der Waals surface area contributed by atoms with Gasteiger partial charge in [0.05, 0.1) is 4.88 Å². The Morgan fingerprint density at radius 3 is 2.85 bits per heavy atom. The Kier molecular flexibility index (Phi) is 6.60. The summed E-state index contributed by atoms with van der Waals surface area (Å²) in [6, 6.07) is 1.62. The van der Waals surface area contributed by atoms with E-state index in [0.29, 0.717) is 22.6 Å². The van der Waals surface area contributed by atoms with Crippen molar-refractivity contribution in [1.29, 1.82) is 0 Å². The number of carboxylic acid groups (broad SMARTS) is 1. The van der Waals surface area contributed by atoms with Crippen LogP contribution in [0.25, 0.3) is 6.08 Å². The zero-order chi connectivity index (χ0) is 15.1. The van der Waals surface area contributed by atoms with Gasteiger partial charge in [-0.2, -0.15) is 0 Å². The van der Waals surface area contributed by atoms with Crippen molar-refractivity contribution < 1.29 is 18.9 Å². The maximum absolute atomic E-state index is 12.1. The number of hydrogen-bond donors (Lipinski definition) is 2. The fourth-order valence-corrected chi connectivity index (χ4v) is 2.97. The average Bonchev–Trinajstić information content (AvgIpc) is 2.82. The molecule has 0 aliphatic heterocycles. The van der Waals surface area contributed by atoms with Gasteiger partial charge in [-0.1, -0.05) is 0 Å². The minimum absolute atomic E-state index is 0.0789. The first-order chi connectivity index (χ1) is 9.40. The van der Waals surface area contributed by atoms with Gasteiger partial charge in [-0.25, -0.2) is 4.79 Å². The highest BCUT2D eigenvalue weighted by Gasteiger charge is 2.14. The summed E-state index contributed by atoms with van der Waals surface area (Å²) in [5, 5.41) is 13.2. The third-order valence-corrected chi connectivity index (χ3v) is 4.26. The first-order valence-corrected chi connectivity index (χ1v) is 8.60. The van der Waals surface area contributed by atoms with E-state index < -0.39 is 16.8 Å². The summed E-state index contributed by atoms with van der Waals surface area (Å²) < 4.78 is 11.0. The van der Waals surface area contributed by atoms with Crippen LogP contribution in [0.15, 0.2) is 17.5 Å². The number of carbonyl (C=O) groups excluding carboxylic acids is 1. The van der Waals surface area contributed by atoms with Crippen LogP contribution in [0.4, 0.5) is 0 Å². The van der Waals surface area contributed by atoms with Gasteiger partial charge in [0, 0.05) is 34.9 Å². The first kappa shape index (κ1) is 16.6. The summed E-state index contributed by atoms with van der Waals surface area (Å²) in [6.45, 7) is 1.85. The van der Waals surface area contributed by atoms with Gasteiger partial charge in [-0.3, -0.25) is 9.00 Å². The summed E-state index contributed by atoms with van der Waals surface area (Å²) in [5.74, 6) is -0.752. The molecule has 1 aromatic rings. The highest BCUT2D eigenvalue weighted by molar-refractivity contribution is 7.84. The quantitative estimate of drug-likeness (QED) is 0.751. The lowest BCUT2D eigenvalue weighted by Gasteiger charge is -2.12. The monoisotopic (exact) mass is 315 g/mol. The Morgan fingerprint density at radius 2 is 2.25 bits per heavy atom. The van der Waals surface area contributed by atoms with Crippen molar-refractivity contribution in [3.63, 3.8) is 0 Å². The van der Waals surface area contributed by atoms with E-state index in [-0.39, 0.29) is 11.9 Å². The highest BCUT2D eigenvalue weighted by Crippen LogP contribution is 2.18. The van der Waals surface area contributed by atoms with Crippen LogP contribution in [-0.4, -0.2) is 39.2 Å². The summed E-state index contributed by atoms with van der Waals surface area (Å²) in [6.07, 6.45) is 4.67. The zero-order valence-corrected chi connectivity index (χ0v) is 12.9. The lowest BCUT2D eigenvalue weighted by molar-refractivity contribution is -0.131. The van der Waals surface area contributed by atoms with Gasteiger partial charge < -0.3 is 10.4 Å². The molecule has 5 nitrogen and oxygen atoms in total. The molecule has 2 unspecified atom stereocenters. The molecule has 1 amide bonds. The van der Waals surface area contributed by atoms with E-state index in [1.165, 1.54) is 17.4 Å². The Morgan fingerprint density at radius 1 is 1.55 bits per heavy atom. The number of amides is 1. The minimum Gasteiger partial charge on any atom is -0.478 e. The molecule has 0 radical (unpaired) electrons. The van der Waals surface area contributed by atoms with E-state index >= 15 is 0 Å². The van der Waals surface area contributed by atoms with Crippen LogP contribution < -0.4 is 5.32 Å². The normalized spacial score (nSPS) is 14.1. The second-order valence-electron chi connectivity index (χ2n) is 4.32.